The summed E-state index contributed by atoms with van der Waals surface area (Å²) in [5.41, 5.74) is 1.53. The first-order valence-electron chi connectivity index (χ1n) is 9.70. The smallest absolute Gasteiger partial charge is 0.264 e. The summed E-state index contributed by atoms with van der Waals surface area (Å²) in [6.45, 7) is 3.65. The Hall–Kier alpha value is -1.97. The highest BCUT2D eigenvalue weighted by atomic mass is 35.5. The molecular weight excluding hydrogens is 426 g/mol. The number of hydroxylamine groups is 1. The molecule has 0 radical (unpaired) electrons. The van der Waals surface area contributed by atoms with Gasteiger partial charge in [-0.3, -0.25) is 14.5 Å². The number of nitrogens with zero attached hydrogens (tertiary/aromatic N) is 3. The van der Waals surface area contributed by atoms with Crippen LogP contribution in [0.15, 0.2) is 53.4 Å². The molecule has 0 atom stereocenters. The Morgan fingerprint density at radius 2 is 1.83 bits per heavy atom. The van der Waals surface area contributed by atoms with E-state index in [9.17, 15) is 13.2 Å². The fraction of sp³-hybridized carbons (Fsp3) is 0.381. The first-order valence-corrected chi connectivity index (χ1v) is 11.5. The molecule has 1 amide bonds. The van der Waals surface area contributed by atoms with Crippen LogP contribution in [-0.2, 0) is 21.4 Å². The second kappa shape index (κ2) is 9.89. The number of hydrogen-bond donors (Lipinski definition) is 0. The quantitative estimate of drug-likeness (QED) is 0.631. The minimum absolute atomic E-state index is 0.0249. The predicted molar refractivity (Wildman–Crippen MR) is 116 cm³/mol. The van der Waals surface area contributed by atoms with Crippen molar-refractivity contribution in [2.75, 3.05) is 40.3 Å². The zero-order valence-corrected chi connectivity index (χ0v) is 18.7. The molecule has 2 aromatic rings. The molecule has 2 aromatic carbocycles. The van der Waals surface area contributed by atoms with Crippen LogP contribution in [0, 0.1) is 0 Å². The molecule has 30 heavy (non-hydrogen) atoms. The van der Waals surface area contributed by atoms with Crippen LogP contribution in [0.5, 0.6) is 0 Å². The molecule has 0 unspecified atom stereocenters. The van der Waals surface area contributed by atoms with Crippen molar-refractivity contribution in [1.82, 2.24) is 14.3 Å². The predicted octanol–water partition coefficient (Wildman–Crippen LogP) is 2.87. The maximum absolute atomic E-state index is 13.0. The molecule has 7 nitrogen and oxygen atoms in total. The summed E-state index contributed by atoms with van der Waals surface area (Å²) in [5, 5.41) is 0.715. The van der Waals surface area contributed by atoms with Crippen molar-refractivity contribution < 1.29 is 18.0 Å². The monoisotopic (exact) mass is 451 g/mol. The van der Waals surface area contributed by atoms with E-state index in [2.05, 4.69) is 4.90 Å². The fourth-order valence-corrected chi connectivity index (χ4v) is 4.54. The van der Waals surface area contributed by atoms with Gasteiger partial charge in [0.15, 0.2) is 0 Å². The van der Waals surface area contributed by atoms with Crippen molar-refractivity contribution in [1.29, 1.82) is 0 Å². The van der Waals surface area contributed by atoms with E-state index < -0.39 is 10.0 Å². The lowest BCUT2D eigenvalue weighted by molar-refractivity contribution is -0.0258. The highest BCUT2D eigenvalue weighted by Crippen LogP contribution is 2.18. The molecule has 0 bridgehead atoms. The first kappa shape index (κ1) is 22.7. The van der Waals surface area contributed by atoms with E-state index in [1.165, 1.54) is 31.9 Å². The lowest BCUT2D eigenvalue weighted by Crippen LogP contribution is -2.35. The van der Waals surface area contributed by atoms with Gasteiger partial charge in [-0.25, -0.2) is 8.42 Å². The Kier molecular flexibility index (Phi) is 7.49. The van der Waals surface area contributed by atoms with Gasteiger partial charge in [0.1, 0.15) is 0 Å². The minimum atomic E-state index is -3.81. The molecule has 0 aliphatic carbocycles. The third-order valence-electron chi connectivity index (χ3n) is 5.17. The van der Waals surface area contributed by atoms with E-state index in [0.29, 0.717) is 23.7 Å². The highest BCUT2D eigenvalue weighted by molar-refractivity contribution is 7.89. The largest absolute Gasteiger partial charge is 0.337 e. The van der Waals surface area contributed by atoms with Gasteiger partial charge in [0, 0.05) is 50.4 Å². The molecule has 9 heteroatoms. The Labute approximate surface area is 182 Å². The summed E-state index contributed by atoms with van der Waals surface area (Å²) in [7, 11) is -1.22. The summed E-state index contributed by atoms with van der Waals surface area (Å²) < 4.78 is 25.7. The number of rotatable bonds is 6. The molecule has 0 aromatic heterocycles. The molecular formula is C21H26ClN3O4S. The summed E-state index contributed by atoms with van der Waals surface area (Å²) in [6.07, 6.45) is 0.851. The van der Waals surface area contributed by atoms with Gasteiger partial charge in [0.25, 0.3) is 15.9 Å². The molecule has 3 rings (SSSR count). The van der Waals surface area contributed by atoms with Crippen molar-refractivity contribution in [2.24, 2.45) is 0 Å². The van der Waals surface area contributed by atoms with Crippen LogP contribution in [0.25, 0.3) is 0 Å². The number of carbonyl (C=O) groups is 1. The van der Waals surface area contributed by atoms with Gasteiger partial charge >= 0.3 is 0 Å². The topological polar surface area (TPSA) is 70.2 Å². The minimum Gasteiger partial charge on any atom is -0.337 e. The van der Waals surface area contributed by atoms with Gasteiger partial charge in [0.2, 0.25) is 0 Å². The summed E-state index contributed by atoms with van der Waals surface area (Å²) in [6, 6.07) is 13.9. The zero-order valence-electron chi connectivity index (χ0n) is 17.1. The summed E-state index contributed by atoms with van der Waals surface area (Å²) >= 11 is 5.95. The van der Waals surface area contributed by atoms with Crippen LogP contribution in [0.3, 0.4) is 0 Å². The lowest BCUT2D eigenvalue weighted by Gasteiger charge is -2.22. The van der Waals surface area contributed by atoms with E-state index in [0.717, 1.165) is 30.5 Å². The van der Waals surface area contributed by atoms with Crippen molar-refractivity contribution in [3.8, 4) is 0 Å². The normalized spacial score (nSPS) is 15.9. The lowest BCUT2D eigenvalue weighted by atomic mass is 10.2. The van der Waals surface area contributed by atoms with Crippen molar-refractivity contribution in [3.05, 3.63) is 64.7 Å². The molecule has 0 N–H and O–H groups in total. The third-order valence-corrected chi connectivity index (χ3v) is 7.10. The Morgan fingerprint density at radius 1 is 1.10 bits per heavy atom. The average molecular weight is 452 g/mol. The van der Waals surface area contributed by atoms with Gasteiger partial charge in [-0.15, -0.1) is 0 Å². The van der Waals surface area contributed by atoms with Crippen LogP contribution < -0.4 is 0 Å². The summed E-state index contributed by atoms with van der Waals surface area (Å²) in [4.78, 5) is 22.0. The summed E-state index contributed by atoms with van der Waals surface area (Å²) in [5.74, 6) is -0.166. The molecule has 1 fully saturated rings. The maximum Gasteiger partial charge on any atom is 0.264 e. The van der Waals surface area contributed by atoms with Gasteiger partial charge in [-0.2, -0.15) is 0 Å². The molecule has 0 saturated carbocycles. The number of benzene rings is 2. The van der Waals surface area contributed by atoms with E-state index in [4.69, 9.17) is 16.4 Å². The maximum atomic E-state index is 13.0. The number of carbonyl (C=O) groups excluding carboxylic acids is 1. The molecule has 1 aliphatic heterocycles. The van der Waals surface area contributed by atoms with Crippen molar-refractivity contribution in [2.45, 2.75) is 17.9 Å². The van der Waals surface area contributed by atoms with Gasteiger partial charge in [-0.05, 0) is 42.3 Å². The molecule has 1 saturated heterocycles. The van der Waals surface area contributed by atoms with Crippen LogP contribution in [-0.4, -0.2) is 68.9 Å². The second-order valence-corrected chi connectivity index (χ2v) is 9.55. The zero-order chi connectivity index (χ0) is 21.7. The van der Waals surface area contributed by atoms with Crippen LogP contribution in [0.2, 0.25) is 5.02 Å². The standard InChI is InChI=1S/C21H26ClN3O4S/c1-23(29-2)30(27,28)20-6-3-5-18(15-20)21(26)25-12-4-11-24(13-14-25)16-17-7-9-19(22)10-8-17/h3,5-10,15H,4,11-14,16H2,1-2H3. The average Bonchev–Trinajstić information content (AvgIpc) is 2.99. The Bertz CT molecular complexity index is 982. The number of sulfonamides is 1. The van der Waals surface area contributed by atoms with Crippen molar-refractivity contribution >= 4 is 27.5 Å². The van der Waals surface area contributed by atoms with Crippen LogP contribution in [0.1, 0.15) is 22.3 Å². The number of halogens is 1. The SMILES string of the molecule is CON(C)S(=O)(=O)c1cccc(C(=O)N2CCCN(Cc3ccc(Cl)cc3)CC2)c1. The van der Waals surface area contributed by atoms with E-state index in [-0.39, 0.29) is 10.8 Å². The van der Waals surface area contributed by atoms with Gasteiger partial charge < -0.3 is 4.90 Å². The Balaban J connectivity index is 1.67. The molecule has 1 heterocycles. The van der Waals surface area contributed by atoms with E-state index >= 15 is 0 Å². The van der Waals surface area contributed by atoms with Crippen molar-refractivity contribution in [3.63, 3.8) is 0 Å². The number of hydrogen-bond acceptors (Lipinski definition) is 5. The molecule has 162 valence electrons. The molecule has 0 spiro atoms. The second-order valence-electron chi connectivity index (χ2n) is 7.17. The number of amides is 1. The van der Waals surface area contributed by atoms with Gasteiger partial charge in [0.05, 0.1) is 12.0 Å². The fourth-order valence-electron chi connectivity index (χ4n) is 3.40. The first-order chi connectivity index (χ1) is 14.3. The highest BCUT2D eigenvalue weighted by Gasteiger charge is 2.24. The Morgan fingerprint density at radius 3 is 2.53 bits per heavy atom. The van der Waals surface area contributed by atoms with E-state index in [1.807, 2.05) is 24.3 Å². The van der Waals surface area contributed by atoms with E-state index in [1.54, 1.807) is 17.0 Å². The third kappa shape index (κ3) is 5.39. The van der Waals surface area contributed by atoms with Crippen LogP contribution in [0.4, 0.5) is 0 Å². The molecule has 1 aliphatic rings. The van der Waals surface area contributed by atoms with Gasteiger partial charge in [-0.1, -0.05) is 34.3 Å². The van der Waals surface area contributed by atoms with Crippen LogP contribution >= 0.6 is 11.6 Å².